The molecule has 0 aromatic rings. The normalized spacial score (nSPS) is 23.6. The number of carbonyl (C=O) groups excluding carboxylic acids is 2. The summed E-state index contributed by atoms with van der Waals surface area (Å²) in [6.45, 7) is 3.02. The summed E-state index contributed by atoms with van der Waals surface area (Å²) in [6, 6.07) is -0.198. The summed E-state index contributed by atoms with van der Waals surface area (Å²) in [5, 5.41) is 2.90. The quantitative estimate of drug-likeness (QED) is 0.652. The van der Waals surface area contributed by atoms with E-state index < -0.39 is 0 Å². The number of carbonyl (C=O) groups is 2. The van der Waals surface area contributed by atoms with Crippen LogP contribution < -0.4 is 11.1 Å². The summed E-state index contributed by atoms with van der Waals surface area (Å²) in [5.41, 5.74) is 5.25. The first-order chi connectivity index (χ1) is 7.06. The van der Waals surface area contributed by atoms with Crippen LogP contribution in [0.1, 0.15) is 19.8 Å². The van der Waals surface area contributed by atoms with Gasteiger partial charge in [-0.2, -0.15) is 0 Å². The minimum atomic E-state index is -0.301. The Bertz CT molecular complexity index is 255. The van der Waals surface area contributed by atoms with Crippen LogP contribution in [0.15, 0.2) is 0 Å². The molecule has 5 nitrogen and oxygen atoms in total. The van der Waals surface area contributed by atoms with E-state index in [1.165, 1.54) is 0 Å². The topological polar surface area (TPSA) is 75.4 Å². The average Bonchev–Trinajstić information content (AvgIpc) is 2.27. The molecule has 3 N–H and O–H groups in total. The van der Waals surface area contributed by atoms with Gasteiger partial charge < -0.3 is 16.0 Å². The molecule has 1 aliphatic heterocycles. The van der Waals surface area contributed by atoms with Crippen molar-refractivity contribution in [2.24, 2.45) is 11.7 Å². The average molecular weight is 213 g/mol. The molecule has 1 rings (SSSR count). The summed E-state index contributed by atoms with van der Waals surface area (Å²) >= 11 is 0. The van der Waals surface area contributed by atoms with Crippen molar-refractivity contribution in [2.45, 2.75) is 25.8 Å². The van der Waals surface area contributed by atoms with Crippen molar-refractivity contribution in [3.8, 4) is 0 Å². The number of amides is 2. The van der Waals surface area contributed by atoms with Crippen LogP contribution in [0.3, 0.4) is 0 Å². The van der Waals surface area contributed by atoms with E-state index in [1.54, 1.807) is 11.9 Å². The highest BCUT2D eigenvalue weighted by Crippen LogP contribution is 2.16. The molecule has 0 bridgehead atoms. The number of primary amides is 1. The predicted octanol–water partition coefficient (Wildman–Crippen LogP) is -0.682. The Balaban J connectivity index is 2.56. The van der Waals surface area contributed by atoms with Gasteiger partial charge in [-0.3, -0.25) is 9.59 Å². The largest absolute Gasteiger partial charge is 0.369 e. The van der Waals surface area contributed by atoms with E-state index in [0.29, 0.717) is 6.54 Å². The van der Waals surface area contributed by atoms with Crippen LogP contribution in [-0.4, -0.2) is 42.9 Å². The molecule has 1 aliphatic rings. The molecule has 0 radical (unpaired) electrons. The first-order valence-corrected chi connectivity index (χ1v) is 5.31. The number of hydrogen-bond acceptors (Lipinski definition) is 3. The zero-order chi connectivity index (χ0) is 11.4. The number of nitrogens with one attached hydrogen (secondary N) is 1. The van der Waals surface area contributed by atoms with E-state index in [1.807, 2.05) is 6.92 Å². The van der Waals surface area contributed by atoms with E-state index in [9.17, 15) is 9.59 Å². The van der Waals surface area contributed by atoms with Crippen LogP contribution in [-0.2, 0) is 9.59 Å². The molecule has 0 aliphatic carbocycles. The summed E-state index contributed by atoms with van der Waals surface area (Å²) in [4.78, 5) is 24.6. The van der Waals surface area contributed by atoms with Gasteiger partial charge in [0.15, 0.2) is 0 Å². The highest BCUT2D eigenvalue weighted by molar-refractivity contribution is 5.83. The monoisotopic (exact) mass is 213 g/mol. The molecule has 2 amide bonds. The molecule has 1 heterocycles. The number of piperidine rings is 1. The van der Waals surface area contributed by atoms with Crippen molar-refractivity contribution >= 4 is 11.8 Å². The van der Waals surface area contributed by atoms with E-state index in [2.05, 4.69) is 5.32 Å². The van der Waals surface area contributed by atoms with Crippen molar-refractivity contribution in [3.05, 3.63) is 0 Å². The summed E-state index contributed by atoms with van der Waals surface area (Å²) in [5.74, 6) is -0.431. The SMILES string of the molecule is CNC(C)C(=O)N1CCCC(C(N)=O)C1. The Kier molecular flexibility index (Phi) is 4.08. The fraction of sp³-hybridized carbons (Fsp3) is 0.800. The zero-order valence-electron chi connectivity index (χ0n) is 9.32. The second-order valence-electron chi connectivity index (χ2n) is 4.04. The third-order valence-electron chi connectivity index (χ3n) is 2.94. The van der Waals surface area contributed by atoms with Gasteiger partial charge in [0.1, 0.15) is 0 Å². The van der Waals surface area contributed by atoms with Crippen LogP contribution in [0.25, 0.3) is 0 Å². The zero-order valence-corrected chi connectivity index (χ0v) is 9.32. The highest BCUT2D eigenvalue weighted by atomic mass is 16.2. The number of rotatable bonds is 3. The fourth-order valence-corrected chi connectivity index (χ4v) is 1.81. The van der Waals surface area contributed by atoms with Crippen LogP contribution in [0.4, 0.5) is 0 Å². The molecule has 1 saturated heterocycles. The van der Waals surface area contributed by atoms with Crippen LogP contribution in [0.2, 0.25) is 0 Å². The Morgan fingerprint density at radius 3 is 2.73 bits per heavy atom. The molecule has 2 unspecified atom stereocenters. The lowest BCUT2D eigenvalue weighted by molar-refractivity contribution is -0.136. The molecule has 0 saturated carbocycles. The Labute approximate surface area is 90.0 Å². The van der Waals surface area contributed by atoms with E-state index in [-0.39, 0.29) is 23.8 Å². The smallest absolute Gasteiger partial charge is 0.239 e. The summed E-state index contributed by atoms with van der Waals surface area (Å²) < 4.78 is 0. The van der Waals surface area contributed by atoms with E-state index >= 15 is 0 Å². The van der Waals surface area contributed by atoms with Crippen LogP contribution in [0.5, 0.6) is 0 Å². The number of nitrogens with zero attached hydrogens (tertiary/aromatic N) is 1. The van der Waals surface area contributed by atoms with E-state index in [4.69, 9.17) is 5.73 Å². The molecule has 1 fully saturated rings. The maximum atomic E-state index is 11.8. The lowest BCUT2D eigenvalue weighted by atomic mass is 9.97. The maximum Gasteiger partial charge on any atom is 0.239 e. The first kappa shape index (κ1) is 12.0. The molecule has 0 aromatic carbocycles. The Morgan fingerprint density at radius 2 is 2.20 bits per heavy atom. The molecule has 0 aromatic heterocycles. The van der Waals surface area contributed by atoms with Crippen molar-refractivity contribution < 1.29 is 9.59 Å². The maximum absolute atomic E-state index is 11.8. The van der Waals surface area contributed by atoms with Crippen molar-refractivity contribution in [2.75, 3.05) is 20.1 Å². The van der Waals surface area contributed by atoms with Gasteiger partial charge >= 0.3 is 0 Å². The number of likely N-dealkylation sites (tertiary alicyclic amines) is 1. The molecule has 86 valence electrons. The van der Waals surface area contributed by atoms with Gasteiger partial charge in [-0.25, -0.2) is 0 Å². The Hall–Kier alpha value is -1.10. The van der Waals surface area contributed by atoms with Crippen LogP contribution in [0, 0.1) is 5.92 Å². The van der Waals surface area contributed by atoms with Gasteiger partial charge in [0.2, 0.25) is 11.8 Å². The number of nitrogens with two attached hydrogens (primary N) is 1. The van der Waals surface area contributed by atoms with Gasteiger partial charge in [0.05, 0.1) is 12.0 Å². The Morgan fingerprint density at radius 1 is 1.53 bits per heavy atom. The number of hydrogen-bond donors (Lipinski definition) is 2. The van der Waals surface area contributed by atoms with E-state index in [0.717, 1.165) is 19.4 Å². The lowest BCUT2D eigenvalue weighted by Gasteiger charge is -2.32. The van der Waals surface area contributed by atoms with Gasteiger partial charge in [-0.1, -0.05) is 0 Å². The van der Waals surface area contributed by atoms with Gasteiger partial charge in [-0.15, -0.1) is 0 Å². The summed E-state index contributed by atoms with van der Waals surface area (Å²) in [7, 11) is 1.75. The molecular weight excluding hydrogens is 194 g/mol. The third kappa shape index (κ3) is 2.92. The van der Waals surface area contributed by atoms with Crippen molar-refractivity contribution in [1.29, 1.82) is 0 Å². The number of likely N-dealkylation sites (N-methyl/N-ethyl adjacent to an activating group) is 1. The van der Waals surface area contributed by atoms with Crippen molar-refractivity contribution in [3.63, 3.8) is 0 Å². The molecule has 15 heavy (non-hydrogen) atoms. The molecule has 5 heteroatoms. The second kappa shape index (κ2) is 5.11. The molecular formula is C10H19N3O2. The third-order valence-corrected chi connectivity index (χ3v) is 2.94. The van der Waals surface area contributed by atoms with Gasteiger partial charge in [0, 0.05) is 13.1 Å². The standard InChI is InChI=1S/C10H19N3O2/c1-7(12-2)10(15)13-5-3-4-8(6-13)9(11)14/h7-8,12H,3-6H2,1-2H3,(H2,11,14). The molecule has 0 spiro atoms. The van der Waals surface area contributed by atoms with Gasteiger partial charge in [-0.05, 0) is 26.8 Å². The van der Waals surface area contributed by atoms with Gasteiger partial charge in [0.25, 0.3) is 0 Å². The highest BCUT2D eigenvalue weighted by Gasteiger charge is 2.28. The summed E-state index contributed by atoms with van der Waals surface area (Å²) in [6.07, 6.45) is 1.66. The lowest BCUT2D eigenvalue weighted by Crippen LogP contribution is -2.49. The fourth-order valence-electron chi connectivity index (χ4n) is 1.81. The second-order valence-corrected chi connectivity index (χ2v) is 4.04. The van der Waals surface area contributed by atoms with Crippen molar-refractivity contribution in [1.82, 2.24) is 10.2 Å². The predicted molar refractivity (Wildman–Crippen MR) is 57.0 cm³/mol. The molecule has 2 atom stereocenters. The van der Waals surface area contributed by atoms with Crippen LogP contribution >= 0.6 is 0 Å². The minimum absolute atomic E-state index is 0.0449. The first-order valence-electron chi connectivity index (χ1n) is 5.31. The minimum Gasteiger partial charge on any atom is -0.369 e.